The Bertz CT molecular complexity index is 1610. The highest BCUT2D eigenvalue weighted by atomic mass is 31.2. The van der Waals surface area contributed by atoms with E-state index in [-0.39, 0.29) is 55.8 Å². The Balaban J connectivity index is 1.60. The minimum atomic E-state index is -4.62. The highest BCUT2D eigenvalue weighted by molar-refractivity contribution is 7.48. The number of nitriles is 1. The monoisotopic (exact) mass is 697 g/mol. The fourth-order valence-electron chi connectivity index (χ4n) is 5.99. The number of urea groups is 1. The van der Waals surface area contributed by atoms with Crippen molar-refractivity contribution in [1.29, 1.82) is 5.26 Å². The molecule has 3 N–H and O–H groups in total. The molecule has 19 nitrogen and oxygen atoms in total. The van der Waals surface area contributed by atoms with Gasteiger partial charge >= 0.3 is 25.5 Å². The fraction of sp³-hybridized carbons (Fsp3) is 0.679. The van der Waals surface area contributed by atoms with Gasteiger partial charge in [-0.3, -0.25) is 37.9 Å². The molecule has 3 amide bonds. The molecule has 3 saturated heterocycles. The highest BCUT2D eigenvalue weighted by Crippen LogP contribution is 2.54. The molecule has 48 heavy (non-hydrogen) atoms. The topological polar surface area (TPSA) is 255 Å². The number of rotatable bonds is 8. The van der Waals surface area contributed by atoms with Crippen molar-refractivity contribution in [2.24, 2.45) is 0 Å². The van der Waals surface area contributed by atoms with Gasteiger partial charge < -0.3 is 29.2 Å². The molecule has 0 saturated carbocycles. The fourth-order valence-corrected chi connectivity index (χ4v) is 7.38. The van der Waals surface area contributed by atoms with E-state index in [1.165, 1.54) is 20.0 Å². The SMILES string of the molecule is CC(=O)CCC(=O)O[C@H]1C[C@H]2O[C@@H]1COP(=O)(OCCC#N)O[C@H]1C[C@@H](O[C@@H]1CO)N1C(=O)NC(=O)[C@](C)(O)[C@@H]1c1nc(=O)n2cc1C. The minimum absolute atomic E-state index is 0.0736. The first-order valence-corrected chi connectivity index (χ1v) is 16.6. The van der Waals surface area contributed by atoms with E-state index in [4.69, 9.17) is 33.0 Å². The van der Waals surface area contributed by atoms with E-state index in [9.17, 15) is 38.8 Å². The molecule has 6 heterocycles. The van der Waals surface area contributed by atoms with Crippen molar-refractivity contribution in [2.45, 2.75) is 101 Å². The second-order valence-corrected chi connectivity index (χ2v) is 13.6. The lowest BCUT2D eigenvalue weighted by atomic mass is 9.87. The standard InChI is InChI=1S/C28H36N5O14P/c1-14-11-32-20-9-16(46-22(36)6-5-15(2)35)19(45-20)13-43-48(41,42-8-4-7-29)47-17-10-21(44-18(17)12-34)33-24(23(14)30-26(32)38)28(3,40)25(37)31-27(33)39/h11,16-21,24,34,40H,4-6,8-10,12-13H2,1-3H3,(H,31,37,39)/t16-,17-,18+,19+,20+,21+,24-,28+,48?/m0/s1. The molecule has 0 radical (unpaired) electrons. The largest absolute Gasteiger partial charge is 0.475 e. The molecule has 6 rings (SSSR count). The Morgan fingerprint density at radius 3 is 2.65 bits per heavy atom. The number of nitrogens with zero attached hydrogens (tertiary/aromatic N) is 4. The molecule has 262 valence electrons. The van der Waals surface area contributed by atoms with Crippen molar-refractivity contribution in [3.05, 3.63) is 27.9 Å². The number of aryl methyl sites for hydroxylation is 1. The molecule has 1 aromatic heterocycles. The van der Waals surface area contributed by atoms with E-state index in [2.05, 4.69) is 10.3 Å². The average Bonchev–Trinajstić information content (AvgIpc) is 3.60. The van der Waals surface area contributed by atoms with Crippen molar-refractivity contribution in [3.63, 3.8) is 0 Å². The second kappa shape index (κ2) is 14.1. The maximum Gasteiger partial charge on any atom is 0.475 e. The molecule has 0 aliphatic carbocycles. The summed E-state index contributed by atoms with van der Waals surface area (Å²) in [7, 11) is -4.62. The number of phosphoric ester groups is 1. The van der Waals surface area contributed by atoms with E-state index in [1.54, 1.807) is 0 Å². The van der Waals surface area contributed by atoms with Gasteiger partial charge in [-0.1, -0.05) is 0 Å². The van der Waals surface area contributed by atoms with E-state index in [0.717, 1.165) is 16.4 Å². The molecule has 1 aromatic rings. The number of imide groups is 1. The minimum Gasteiger partial charge on any atom is -0.459 e. The zero-order chi connectivity index (χ0) is 35.0. The van der Waals surface area contributed by atoms with E-state index in [1.807, 2.05) is 6.07 Å². The summed E-state index contributed by atoms with van der Waals surface area (Å²) in [6, 6.07) is -0.756. The number of fused-ring (bicyclic) bond motifs is 5. The molecular formula is C28H36N5O14P. The third kappa shape index (κ3) is 7.21. The van der Waals surface area contributed by atoms with Gasteiger partial charge in [-0.05, 0) is 26.3 Å². The van der Waals surface area contributed by atoms with E-state index in [0.29, 0.717) is 0 Å². The molecule has 0 aromatic carbocycles. The van der Waals surface area contributed by atoms with E-state index < -0.39 is 93.1 Å². The summed E-state index contributed by atoms with van der Waals surface area (Å²) in [6.07, 6.45) is -6.72. The molecule has 0 spiro atoms. The van der Waals surface area contributed by atoms with Crippen LogP contribution in [0.2, 0.25) is 0 Å². The number of aliphatic hydroxyl groups is 2. The predicted octanol–water partition coefficient (Wildman–Crippen LogP) is 0.0252. The number of carbonyl (C=O) groups is 4. The van der Waals surface area contributed by atoms with Crippen LogP contribution in [0.1, 0.15) is 69.5 Å². The summed E-state index contributed by atoms with van der Waals surface area (Å²) in [4.78, 5) is 68.9. The first kappa shape index (κ1) is 35.7. The first-order valence-electron chi connectivity index (χ1n) is 15.2. The summed E-state index contributed by atoms with van der Waals surface area (Å²) in [6.45, 7) is 2.33. The summed E-state index contributed by atoms with van der Waals surface area (Å²) in [5, 5.41) is 32.7. The number of Topliss-reactive ketones (excluding diaryl/α,β-unsaturated/α-hetero) is 1. The van der Waals surface area contributed by atoms with Gasteiger partial charge in [-0.2, -0.15) is 10.2 Å². The van der Waals surface area contributed by atoms with Crippen LogP contribution in [0.15, 0.2) is 11.0 Å². The number of aliphatic hydroxyl groups excluding tert-OH is 1. The molecular weight excluding hydrogens is 661 g/mol. The smallest absolute Gasteiger partial charge is 0.459 e. The molecule has 6 bridgehead atoms. The van der Waals surface area contributed by atoms with Crippen LogP contribution in [0.4, 0.5) is 4.79 Å². The number of ketones is 1. The zero-order valence-corrected chi connectivity index (χ0v) is 27.2. The summed E-state index contributed by atoms with van der Waals surface area (Å²) in [5.74, 6) is -2.04. The maximum absolute atomic E-state index is 14.0. The lowest BCUT2D eigenvalue weighted by Crippen LogP contribution is -2.67. The quantitative estimate of drug-likeness (QED) is 0.184. The predicted molar refractivity (Wildman–Crippen MR) is 155 cm³/mol. The van der Waals surface area contributed by atoms with Gasteiger partial charge in [-0.15, -0.1) is 0 Å². The van der Waals surface area contributed by atoms with Gasteiger partial charge in [0.2, 0.25) is 0 Å². The van der Waals surface area contributed by atoms with Crippen LogP contribution in [0.5, 0.6) is 0 Å². The Morgan fingerprint density at radius 1 is 1.21 bits per heavy atom. The number of nitrogens with one attached hydrogen (secondary N) is 1. The molecule has 20 heteroatoms. The molecule has 5 aliphatic heterocycles. The lowest BCUT2D eigenvalue weighted by molar-refractivity contribution is -0.159. The van der Waals surface area contributed by atoms with Crippen LogP contribution < -0.4 is 11.0 Å². The summed E-state index contributed by atoms with van der Waals surface area (Å²) < 4.78 is 49.4. The van der Waals surface area contributed by atoms with Gasteiger partial charge in [-0.25, -0.2) is 14.2 Å². The molecule has 9 atom stereocenters. The number of hydrogen-bond acceptors (Lipinski definition) is 16. The van der Waals surface area contributed by atoms with Crippen LogP contribution in [0.25, 0.3) is 0 Å². The summed E-state index contributed by atoms with van der Waals surface area (Å²) in [5.41, 5.74) is -3.13. The van der Waals surface area contributed by atoms with Gasteiger partial charge in [0.15, 0.2) is 5.60 Å². The highest BCUT2D eigenvalue weighted by Gasteiger charge is 2.57. The lowest BCUT2D eigenvalue weighted by Gasteiger charge is -2.45. The van der Waals surface area contributed by atoms with Crippen molar-refractivity contribution in [2.75, 3.05) is 19.8 Å². The molecule has 3 fully saturated rings. The van der Waals surface area contributed by atoms with Gasteiger partial charge in [0, 0.05) is 25.5 Å². The third-order valence-electron chi connectivity index (χ3n) is 8.41. The Hall–Kier alpha value is -3.60. The van der Waals surface area contributed by atoms with Crippen molar-refractivity contribution in [3.8, 4) is 6.07 Å². The number of esters is 1. The number of aromatic nitrogens is 2. The second-order valence-electron chi connectivity index (χ2n) is 12.0. The van der Waals surface area contributed by atoms with Crippen LogP contribution in [-0.4, -0.2) is 104 Å². The zero-order valence-electron chi connectivity index (χ0n) is 26.3. The van der Waals surface area contributed by atoms with Crippen LogP contribution in [-0.2, 0) is 46.7 Å². The average molecular weight is 698 g/mol. The number of ether oxygens (including phenoxy) is 3. The molecule has 5 aliphatic rings. The summed E-state index contributed by atoms with van der Waals surface area (Å²) >= 11 is 0. The van der Waals surface area contributed by atoms with Crippen LogP contribution in [0.3, 0.4) is 0 Å². The number of amides is 3. The van der Waals surface area contributed by atoms with Gasteiger partial charge in [0.05, 0.1) is 44.4 Å². The maximum atomic E-state index is 14.0. The van der Waals surface area contributed by atoms with Gasteiger partial charge in [0.25, 0.3) is 5.91 Å². The van der Waals surface area contributed by atoms with Crippen molar-refractivity contribution in [1.82, 2.24) is 19.8 Å². The van der Waals surface area contributed by atoms with Crippen LogP contribution in [0, 0.1) is 18.3 Å². The van der Waals surface area contributed by atoms with Crippen molar-refractivity contribution < 1.29 is 61.7 Å². The molecule has 1 unspecified atom stereocenters. The Kier molecular flexibility index (Phi) is 10.5. The Labute approximate surface area is 273 Å². The third-order valence-corrected chi connectivity index (χ3v) is 9.90. The Morgan fingerprint density at radius 2 is 1.96 bits per heavy atom. The van der Waals surface area contributed by atoms with Gasteiger partial charge in [0.1, 0.15) is 48.7 Å². The van der Waals surface area contributed by atoms with Crippen LogP contribution >= 0.6 is 7.82 Å². The van der Waals surface area contributed by atoms with E-state index >= 15 is 0 Å². The number of carbonyl (C=O) groups excluding carboxylic acids is 4. The number of hydrogen-bond donors (Lipinski definition) is 3. The number of phosphoric acid groups is 1. The first-order chi connectivity index (χ1) is 22.7. The normalized spacial score (nSPS) is 34.8. The van der Waals surface area contributed by atoms with Crippen molar-refractivity contribution >= 4 is 31.5 Å².